The van der Waals surface area contributed by atoms with Crippen molar-refractivity contribution in [3.8, 4) is 0 Å². The van der Waals surface area contributed by atoms with Gasteiger partial charge in [0.15, 0.2) is 5.82 Å². The molecule has 0 unspecified atom stereocenters. The van der Waals surface area contributed by atoms with Gasteiger partial charge in [-0.05, 0) is 12.8 Å². The van der Waals surface area contributed by atoms with E-state index in [-0.39, 0.29) is 0 Å². The second-order valence-electron chi connectivity index (χ2n) is 3.07. The van der Waals surface area contributed by atoms with Crippen molar-refractivity contribution in [2.75, 3.05) is 19.6 Å². The predicted molar refractivity (Wildman–Crippen MR) is 49.6 cm³/mol. The number of nitro groups is 1. The van der Waals surface area contributed by atoms with Crippen molar-refractivity contribution in [2.24, 2.45) is 0 Å². The molecule has 1 fully saturated rings. The normalized spacial score (nSPS) is 20.1. The molecule has 5 nitrogen and oxygen atoms in total. The van der Waals surface area contributed by atoms with Crippen LogP contribution in [0.4, 0.5) is 0 Å². The molecule has 0 saturated carbocycles. The first-order valence-corrected chi connectivity index (χ1v) is 4.58. The van der Waals surface area contributed by atoms with Crippen molar-refractivity contribution in [3.63, 3.8) is 0 Å². The lowest BCUT2D eigenvalue weighted by atomic mass is 10.3. The van der Waals surface area contributed by atoms with E-state index in [9.17, 15) is 10.1 Å². The summed E-state index contributed by atoms with van der Waals surface area (Å²) in [5.74, 6) is 0.651. The Morgan fingerprint density at radius 3 is 3.15 bits per heavy atom. The van der Waals surface area contributed by atoms with E-state index < -0.39 is 4.92 Å². The third-order valence-electron chi connectivity index (χ3n) is 1.97. The lowest BCUT2D eigenvalue weighted by Gasteiger charge is -2.30. The van der Waals surface area contributed by atoms with Crippen LogP contribution in [0.1, 0.15) is 19.8 Å². The molecule has 0 aromatic rings. The molecule has 0 atom stereocenters. The van der Waals surface area contributed by atoms with Gasteiger partial charge < -0.3 is 10.2 Å². The van der Waals surface area contributed by atoms with Crippen LogP contribution in [0.25, 0.3) is 0 Å². The third-order valence-corrected chi connectivity index (χ3v) is 1.97. The highest BCUT2D eigenvalue weighted by Gasteiger charge is 2.15. The molecule has 0 bridgehead atoms. The first kappa shape index (κ1) is 9.83. The molecule has 0 spiro atoms. The van der Waals surface area contributed by atoms with Gasteiger partial charge in [0.2, 0.25) is 0 Å². The number of rotatable bonds is 3. The van der Waals surface area contributed by atoms with Crippen LogP contribution in [0.5, 0.6) is 0 Å². The highest BCUT2D eigenvalue weighted by Crippen LogP contribution is 2.08. The lowest BCUT2D eigenvalue weighted by Crippen LogP contribution is -2.40. The van der Waals surface area contributed by atoms with Gasteiger partial charge in [-0.25, -0.2) is 0 Å². The average molecular weight is 185 g/mol. The third kappa shape index (κ3) is 2.93. The molecule has 1 N–H and O–H groups in total. The van der Waals surface area contributed by atoms with Crippen molar-refractivity contribution in [1.29, 1.82) is 0 Å². The molecule has 0 aromatic carbocycles. The van der Waals surface area contributed by atoms with Gasteiger partial charge in [-0.1, -0.05) is 6.92 Å². The van der Waals surface area contributed by atoms with Crippen LogP contribution in [0.3, 0.4) is 0 Å². The van der Waals surface area contributed by atoms with E-state index in [1.807, 2.05) is 4.90 Å². The molecule has 1 heterocycles. The Labute approximate surface area is 77.6 Å². The highest BCUT2D eigenvalue weighted by atomic mass is 16.6. The van der Waals surface area contributed by atoms with Crippen LogP contribution < -0.4 is 5.32 Å². The molecule has 13 heavy (non-hydrogen) atoms. The maximum atomic E-state index is 10.3. The monoisotopic (exact) mass is 185 g/mol. The summed E-state index contributed by atoms with van der Waals surface area (Å²) in [7, 11) is 0. The smallest absolute Gasteiger partial charge is 0.274 e. The molecule has 1 rings (SSSR count). The molecule has 0 aromatic heterocycles. The summed E-state index contributed by atoms with van der Waals surface area (Å²) >= 11 is 0. The number of hydrogen-bond acceptors (Lipinski definition) is 4. The average Bonchev–Trinajstić information content (AvgIpc) is 2.08. The maximum Gasteiger partial charge on any atom is 0.274 e. The first-order chi connectivity index (χ1) is 6.24. The van der Waals surface area contributed by atoms with Crippen molar-refractivity contribution < 1.29 is 4.92 Å². The molecule has 5 heteroatoms. The standard InChI is InChI=1S/C8H15N3O2/c1-2-5-10-6-3-4-9-8(10)7-11(12)13/h7,9H,2-6H2,1H3/b8-7-. The summed E-state index contributed by atoms with van der Waals surface area (Å²) in [5, 5.41) is 13.3. The van der Waals surface area contributed by atoms with Gasteiger partial charge >= 0.3 is 0 Å². The van der Waals surface area contributed by atoms with Crippen molar-refractivity contribution >= 4 is 0 Å². The summed E-state index contributed by atoms with van der Waals surface area (Å²) in [6, 6.07) is 0. The van der Waals surface area contributed by atoms with Gasteiger partial charge in [-0.3, -0.25) is 10.1 Å². The topological polar surface area (TPSA) is 58.4 Å². The van der Waals surface area contributed by atoms with E-state index >= 15 is 0 Å². The first-order valence-electron chi connectivity index (χ1n) is 4.58. The Balaban J connectivity index is 2.61. The molecule has 0 radical (unpaired) electrons. The fourth-order valence-electron chi connectivity index (χ4n) is 1.45. The zero-order valence-electron chi connectivity index (χ0n) is 7.82. The van der Waals surface area contributed by atoms with Gasteiger partial charge in [0.25, 0.3) is 6.20 Å². The second-order valence-corrected chi connectivity index (χ2v) is 3.07. The SMILES string of the molecule is CCCN1CCCN/C1=C/[N+](=O)[O-]. The van der Waals surface area contributed by atoms with Crippen molar-refractivity contribution in [3.05, 3.63) is 22.1 Å². The van der Waals surface area contributed by atoms with Crippen LogP contribution in [0, 0.1) is 10.1 Å². The van der Waals surface area contributed by atoms with Crippen molar-refractivity contribution in [1.82, 2.24) is 10.2 Å². The van der Waals surface area contributed by atoms with E-state index in [1.54, 1.807) is 0 Å². The van der Waals surface area contributed by atoms with E-state index in [4.69, 9.17) is 0 Å². The summed E-state index contributed by atoms with van der Waals surface area (Å²) < 4.78 is 0. The molecule has 74 valence electrons. The van der Waals surface area contributed by atoms with Crippen LogP contribution in [0.2, 0.25) is 0 Å². The van der Waals surface area contributed by atoms with E-state index in [2.05, 4.69) is 12.2 Å². The van der Waals surface area contributed by atoms with Gasteiger partial charge in [-0.2, -0.15) is 0 Å². The Hall–Kier alpha value is -1.26. The molecule has 1 aliphatic heterocycles. The summed E-state index contributed by atoms with van der Waals surface area (Å²) in [6.45, 7) is 4.70. The van der Waals surface area contributed by atoms with Gasteiger partial charge in [-0.15, -0.1) is 0 Å². The molecule has 0 amide bonds. The minimum Gasteiger partial charge on any atom is -0.367 e. The lowest BCUT2D eigenvalue weighted by molar-refractivity contribution is -0.404. The largest absolute Gasteiger partial charge is 0.367 e. The molecule has 0 aliphatic carbocycles. The summed E-state index contributed by atoms with van der Waals surface area (Å²) in [5.41, 5.74) is 0. The summed E-state index contributed by atoms with van der Waals surface area (Å²) in [4.78, 5) is 11.9. The van der Waals surface area contributed by atoms with Crippen LogP contribution in [-0.4, -0.2) is 29.5 Å². The quantitative estimate of drug-likeness (QED) is 0.521. The Morgan fingerprint density at radius 1 is 1.77 bits per heavy atom. The van der Waals surface area contributed by atoms with E-state index in [0.29, 0.717) is 5.82 Å². The zero-order chi connectivity index (χ0) is 9.68. The Morgan fingerprint density at radius 2 is 2.54 bits per heavy atom. The van der Waals surface area contributed by atoms with E-state index in [0.717, 1.165) is 38.7 Å². The number of nitrogens with zero attached hydrogens (tertiary/aromatic N) is 2. The molecular formula is C8H15N3O2. The molecular weight excluding hydrogens is 170 g/mol. The number of nitrogens with one attached hydrogen (secondary N) is 1. The zero-order valence-corrected chi connectivity index (χ0v) is 7.82. The predicted octanol–water partition coefficient (Wildman–Crippen LogP) is 0.767. The Kier molecular flexibility index (Phi) is 3.54. The van der Waals surface area contributed by atoms with Crippen molar-refractivity contribution in [2.45, 2.75) is 19.8 Å². The van der Waals surface area contributed by atoms with Crippen LogP contribution >= 0.6 is 0 Å². The minimum atomic E-state index is -0.406. The van der Waals surface area contributed by atoms with E-state index in [1.165, 1.54) is 0 Å². The maximum absolute atomic E-state index is 10.3. The fourth-order valence-corrected chi connectivity index (χ4v) is 1.45. The van der Waals surface area contributed by atoms with Gasteiger partial charge in [0.1, 0.15) is 0 Å². The molecule has 1 saturated heterocycles. The second kappa shape index (κ2) is 4.69. The highest BCUT2D eigenvalue weighted by molar-refractivity contribution is 4.97. The molecule has 1 aliphatic rings. The Bertz CT molecular complexity index is 213. The van der Waals surface area contributed by atoms with Gasteiger partial charge in [0, 0.05) is 19.6 Å². The van der Waals surface area contributed by atoms with Crippen LogP contribution in [0.15, 0.2) is 12.0 Å². The fraction of sp³-hybridized carbons (Fsp3) is 0.750. The minimum absolute atomic E-state index is 0.406. The van der Waals surface area contributed by atoms with Crippen LogP contribution in [-0.2, 0) is 0 Å². The van der Waals surface area contributed by atoms with Gasteiger partial charge in [0.05, 0.1) is 4.92 Å². The summed E-state index contributed by atoms with van der Waals surface area (Å²) in [6.07, 6.45) is 3.11. The number of hydrogen-bond donors (Lipinski definition) is 1.